The van der Waals surface area contributed by atoms with Crippen LogP contribution in [-0.4, -0.2) is 66.6 Å². The molecular weight excluding hydrogens is 326 g/mol. The number of nitrogens with one attached hydrogen (secondary N) is 1. The lowest BCUT2D eigenvalue weighted by atomic mass is 9.97. The second-order valence-electron chi connectivity index (χ2n) is 7.32. The molecule has 2 aliphatic heterocycles. The number of ether oxygens (including phenoxy) is 1. The minimum Gasteiger partial charge on any atom is -0.379 e. The predicted molar refractivity (Wildman–Crippen MR) is 102 cm³/mol. The lowest BCUT2D eigenvalue weighted by Crippen LogP contribution is -2.46. The average Bonchev–Trinajstić information content (AvgIpc) is 3.19. The van der Waals surface area contributed by atoms with Gasteiger partial charge in [-0.2, -0.15) is 0 Å². The first-order valence-corrected chi connectivity index (χ1v) is 9.63. The molecule has 0 spiro atoms. The van der Waals surface area contributed by atoms with E-state index in [0.717, 1.165) is 63.6 Å². The van der Waals surface area contributed by atoms with Gasteiger partial charge in [-0.1, -0.05) is 30.3 Å². The van der Waals surface area contributed by atoms with Crippen molar-refractivity contribution in [1.82, 2.24) is 14.8 Å². The maximum absolute atomic E-state index is 12.9. The van der Waals surface area contributed by atoms with Crippen LogP contribution in [0.1, 0.15) is 23.3 Å². The van der Waals surface area contributed by atoms with Gasteiger partial charge in [0.15, 0.2) is 0 Å². The normalized spacial score (nSPS) is 21.7. The van der Waals surface area contributed by atoms with Crippen molar-refractivity contribution >= 4 is 5.91 Å². The number of piperidine rings is 1. The van der Waals surface area contributed by atoms with Gasteiger partial charge < -0.3 is 14.6 Å². The fourth-order valence-corrected chi connectivity index (χ4v) is 4.02. The van der Waals surface area contributed by atoms with Crippen LogP contribution in [0, 0.1) is 5.92 Å². The number of carbonyl (C=O) groups is 1. The van der Waals surface area contributed by atoms with Gasteiger partial charge in [0, 0.05) is 38.4 Å². The summed E-state index contributed by atoms with van der Waals surface area (Å²) in [7, 11) is 0. The van der Waals surface area contributed by atoms with Gasteiger partial charge in [-0.05, 0) is 36.5 Å². The summed E-state index contributed by atoms with van der Waals surface area (Å²) in [5.41, 5.74) is 2.79. The average molecular weight is 353 g/mol. The summed E-state index contributed by atoms with van der Waals surface area (Å²) in [6, 6.07) is 14.0. The molecule has 1 atom stereocenters. The number of aromatic amines is 1. The maximum atomic E-state index is 12.9. The lowest BCUT2D eigenvalue weighted by molar-refractivity contribution is 0.0223. The number of amides is 1. The van der Waals surface area contributed by atoms with E-state index in [9.17, 15) is 4.79 Å². The Morgan fingerprint density at radius 1 is 1.08 bits per heavy atom. The number of hydrogen-bond acceptors (Lipinski definition) is 3. The van der Waals surface area contributed by atoms with Crippen LogP contribution in [0.3, 0.4) is 0 Å². The van der Waals surface area contributed by atoms with E-state index >= 15 is 0 Å². The van der Waals surface area contributed by atoms with Crippen LogP contribution < -0.4 is 0 Å². The van der Waals surface area contributed by atoms with Gasteiger partial charge in [0.2, 0.25) is 0 Å². The zero-order valence-corrected chi connectivity index (χ0v) is 15.2. The molecule has 5 nitrogen and oxygen atoms in total. The Balaban J connectivity index is 1.39. The van der Waals surface area contributed by atoms with E-state index in [0.29, 0.717) is 11.6 Å². The molecule has 3 heterocycles. The summed E-state index contributed by atoms with van der Waals surface area (Å²) in [5, 5.41) is 0. The van der Waals surface area contributed by atoms with E-state index in [1.807, 2.05) is 35.2 Å². The molecule has 0 radical (unpaired) electrons. The minimum atomic E-state index is 0.124. The van der Waals surface area contributed by atoms with Crippen LogP contribution in [0.4, 0.5) is 0 Å². The van der Waals surface area contributed by atoms with Crippen molar-refractivity contribution in [2.24, 2.45) is 5.92 Å². The Morgan fingerprint density at radius 2 is 1.88 bits per heavy atom. The second-order valence-corrected chi connectivity index (χ2v) is 7.32. The standard InChI is InChI=1S/C21H27N3O2/c25-21(20-9-8-19(22-20)18-6-2-1-3-7-18)24-10-4-5-17(16-24)15-23-11-13-26-14-12-23/h1-3,6-9,17,22H,4-5,10-16H2/t17-/m1/s1. The number of morpholine rings is 1. The van der Waals surface area contributed by atoms with Gasteiger partial charge in [-0.25, -0.2) is 0 Å². The number of hydrogen-bond donors (Lipinski definition) is 1. The number of nitrogens with zero attached hydrogens (tertiary/aromatic N) is 2. The Morgan fingerprint density at radius 3 is 2.69 bits per heavy atom. The first kappa shape index (κ1) is 17.3. The van der Waals surface area contributed by atoms with Crippen molar-refractivity contribution in [3.63, 3.8) is 0 Å². The number of rotatable bonds is 4. The van der Waals surface area contributed by atoms with E-state index in [2.05, 4.69) is 22.0 Å². The van der Waals surface area contributed by atoms with Crippen molar-refractivity contribution in [3.05, 3.63) is 48.2 Å². The molecule has 0 bridgehead atoms. The third-order valence-corrected chi connectivity index (χ3v) is 5.43. The molecule has 2 fully saturated rings. The topological polar surface area (TPSA) is 48.6 Å². The molecule has 0 saturated carbocycles. The molecule has 1 aromatic carbocycles. The maximum Gasteiger partial charge on any atom is 0.270 e. The summed E-state index contributed by atoms with van der Waals surface area (Å²) in [6.07, 6.45) is 2.30. The van der Waals surface area contributed by atoms with Crippen LogP contribution in [0.25, 0.3) is 11.3 Å². The Kier molecular flexibility index (Phi) is 5.37. The first-order chi connectivity index (χ1) is 12.8. The largest absolute Gasteiger partial charge is 0.379 e. The molecule has 0 aliphatic carbocycles. The van der Waals surface area contributed by atoms with Crippen LogP contribution >= 0.6 is 0 Å². The number of aromatic nitrogens is 1. The molecule has 26 heavy (non-hydrogen) atoms. The zero-order chi connectivity index (χ0) is 17.8. The fraction of sp³-hybridized carbons (Fsp3) is 0.476. The van der Waals surface area contributed by atoms with Crippen molar-refractivity contribution in [3.8, 4) is 11.3 Å². The van der Waals surface area contributed by atoms with Gasteiger partial charge in [-0.15, -0.1) is 0 Å². The SMILES string of the molecule is O=C(c1ccc(-c2ccccc2)[nH]1)N1CCC[C@H](CN2CCOCC2)C1. The van der Waals surface area contributed by atoms with E-state index in [4.69, 9.17) is 4.74 Å². The van der Waals surface area contributed by atoms with Gasteiger partial charge in [0.05, 0.1) is 13.2 Å². The molecule has 5 heteroatoms. The Labute approximate surface area is 154 Å². The lowest BCUT2D eigenvalue weighted by Gasteiger charge is -2.36. The van der Waals surface area contributed by atoms with Crippen molar-refractivity contribution < 1.29 is 9.53 Å². The molecule has 2 aromatic rings. The molecule has 1 N–H and O–H groups in total. The fourth-order valence-electron chi connectivity index (χ4n) is 4.02. The zero-order valence-electron chi connectivity index (χ0n) is 15.2. The van der Waals surface area contributed by atoms with Crippen molar-refractivity contribution in [1.29, 1.82) is 0 Å². The van der Waals surface area contributed by atoms with Gasteiger partial charge in [0.25, 0.3) is 5.91 Å². The number of likely N-dealkylation sites (tertiary alicyclic amines) is 1. The summed E-state index contributed by atoms with van der Waals surface area (Å²) in [5.74, 6) is 0.688. The molecule has 1 amide bonds. The number of benzene rings is 1. The van der Waals surface area contributed by atoms with Gasteiger partial charge >= 0.3 is 0 Å². The molecule has 4 rings (SSSR count). The minimum absolute atomic E-state index is 0.124. The van der Waals surface area contributed by atoms with E-state index < -0.39 is 0 Å². The van der Waals surface area contributed by atoms with E-state index in [1.165, 1.54) is 6.42 Å². The van der Waals surface area contributed by atoms with Crippen molar-refractivity contribution in [2.75, 3.05) is 45.9 Å². The third kappa shape index (κ3) is 4.00. The highest BCUT2D eigenvalue weighted by Crippen LogP contribution is 2.22. The summed E-state index contributed by atoms with van der Waals surface area (Å²) >= 11 is 0. The Hall–Kier alpha value is -2.11. The summed E-state index contributed by atoms with van der Waals surface area (Å²) in [6.45, 7) is 6.49. The van der Waals surface area contributed by atoms with Crippen LogP contribution in [0.15, 0.2) is 42.5 Å². The molecule has 2 saturated heterocycles. The van der Waals surface area contributed by atoms with Gasteiger partial charge in [-0.3, -0.25) is 9.69 Å². The summed E-state index contributed by atoms with van der Waals surface area (Å²) in [4.78, 5) is 20.7. The number of H-pyrrole nitrogens is 1. The quantitative estimate of drug-likeness (QED) is 0.919. The smallest absolute Gasteiger partial charge is 0.270 e. The first-order valence-electron chi connectivity index (χ1n) is 9.63. The van der Waals surface area contributed by atoms with Gasteiger partial charge in [0.1, 0.15) is 5.69 Å². The highest BCUT2D eigenvalue weighted by Gasteiger charge is 2.27. The Bertz CT molecular complexity index is 722. The highest BCUT2D eigenvalue weighted by atomic mass is 16.5. The molecule has 2 aliphatic rings. The second kappa shape index (κ2) is 8.06. The van der Waals surface area contributed by atoms with Crippen LogP contribution in [-0.2, 0) is 4.74 Å². The van der Waals surface area contributed by atoms with E-state index in [1.54, 1.807) is 0 Å². The van der Waals surface area contributed by atoms with E-state index in [-0.39, 0.29) is 5.91 Å². The monoisotopic (exact) mass is 353 g/mol. The predicted octanol–water partition coefficient (Wildman–Crippen LogP) is 2.87. The van der Waals surface area contributed by atoms with Crippen LogP contribution in [0.2, 0.25) is 0 Å². The number of carbonyl (C=O) groups excluding carboxylic acids is 1. The molecule has 138 valence electrons. The van der Waals surface area contributed by atoms with Crippen LogP contribution in [0.5, 0.6) is 0 Å². The summed E-state index contributed by atoms with van der Waals surface area (Å²) < 4.78 is 5.43. The molecule has 1 aromatic heterocycles. The molecule has 0 unspecified atom stereocenters. The molecular formula is C21H27N3O2. The van der Waals surface area contributed by atoms with Crippen molar-refractivity contribution in [2.45, 2.75) is 12.8 Å². The third-order valence-electron chi connectivity index (χ3n) is 5.43. The highest BCUT2D eigenvalue weighted by molar-refractivity contribution is 5.93.